The Labute approximate surface area is 183 Å². The summed E-state index contributed by atoms with van der Waals surface area (Å²) < 4.78 is 19.7. The van der Waals surface area contributed by atoms with E-state index in [4.69, 9.17) is 4.65 Å². The number of rotatable bonds is 3. The van der Waals surface area contributed by atoms with E-state index in [-0.39, 0.29) is 24.3 Å². The van der Waals surface area contributed by atoms with Crippen LogP contribution in [0.4, 0.5) is 4.39 Å². The van der Waals surface area contributed by atoms with Gasteiger partial charge in [-0.2, -0.15) is 0 Å². The first-order chi connectivity index (χ1) is 14.8. The lowest BCUT2D eigenvalue weighted by Crippen LogP contribution is -2.44. The van der Waals surface area contributed by atoms with Crippen molar-refractivity contribution in [2.45, 2.75) is 32.4 Å². The lowest BCUT2D eigenvalue weighted by molar-refractivity contribution is -0.140. The molecular weight excluding hydrogens is 420 g/mol. The molecule has 4 atom stereocenters. The fraction of sp³-hybridized carbons (Fsp3) is 0.364. The van der Waals surface area contributed by atoms with Crippen LogP contribution in [0.2, 0.25) is 0 Å². The molecule has 0 unspecified atom stereocenters. The van der Waals surface area contributed by atoms with Crippen molar-refractivity contribution in [3.8, 4) is 5.75 Å². The van der Waals surface area contributed by atoms with E-state index < -0.39 is 36.6 Å². The van der Waals surface area contributed by atoms with Crippen molar-refractivity contribution >= 4 is 30.3 Å². The number of likely N-dealkylation sites (tertiary alicyclic amines) is 1. The molecule has 6 nitrogen and oxygen atoms in total. The first-order valence-electron chi connectivity index (χ1n) is 10.2. The molecule has 0 saturated carbocycles. The Kier molecular flexibility index (Phi) is 4.99. The number of phenols is 1. The number of phenolic OH excluding ortho intramolecular Hbond substituents is 1. The molecule has 9 heteroatoms. The van der Waals surface area contributed by atoms with Gasteiger partial charge in [0, 0.05) is 4.88 Å². The van der Waals surface area contributed by atoms with Crippen molar-refractivity contribution in [3.63, 3.8) is 0 Å². The number of benzene rings is 1. The number of allylic oxidation sites excluding steroid dienone is 2. The number of halogens is 1. The summed E-state index contributed by atoms with van der Waals surface area (Å²) >= 11 is 1.50. The van der Waals surface area contributed by atoms with Crippen molar-refractivity contribution in [2.24, 2.45) is 17.8 Å². The zero-order chi connectivity index (χ0) is 21.9. The maximum absolute atomic E-state index is 13.9. The monoisotopic (exact) mass is 441 g/mol. The van der Waals surface area contributed by atoms with E-state index >= 15 is 0 Å². The average molecular weight is 441 g/mol. The predicted molar refractivity (Wildman–Crippen MR) is 112 cm³/mol. The Morgan fingerprint density at radius 3 is 2.77 bits per heavy atom. The molecule has 2 aliphatic heterocycles. The topological polar surface area (TPSA) is 87.1 Å². The summed E-state index contributed by atoms with van der Waals surface area (Å²) in [6, 6.07) is 7.75. The van der Waals surface area contributed by atoms with Gasteiger partial charge in [0.15, 0.2) is 11.6 Å². The molecule has 160 valence electrons. The van der Waals surface area contributed by atoms with Crippen LogP contribution in [0.15, 0.2) is 46.8 Å². The smallest absolute Gasteiger partial charge is 0.487 e. The van der Waals surface area contributed by atoms with Crippen LogP contribution in [0, 0.1) is 23.6 Å². The molecule has 0 spiro atoms. The first-order valence-corrected chi connectivity index (χ1v) is 11.1. The summed E-state index contributed by atoms with van der Waals surface area (Å²) in [5.41, 5.74) is 2.00. The number of hydrogen-bond donors (Lipinski definition) is 2. The van der Waals surface area contributed by atoms with Crippen molar-refractivity contribution in [2.75, 3.05) is 0 Å². The number of carbonyl (C=O) groups excluding carboxylic acids is 2. The van der Waals surface area contributed by atoms with Crippen molar-refractivity contribution in [3.05, 3.63) is 63.0 Å². The largest absolute Gasteiger partial charge is 0.505 e. The minimum Gasteiger partial charge on any atom is -0.505 e. The SMILES string of the molecule is CC1=C2B(O)O[C@H](c3ccc(O)c(F)c3)C[C@H]2[C@H]2C(=O)N(Cc3cccs3)C(=O)[C@H]2C1. The molecule has 2 N–H and O–H groups in total. The van der Waals surface area contributed by atoms with Crippen LogP contribution < -0.4 is 0 Å². The number of carbonyl (C=O) groups is 2. The highest BCUT2D eigenvalue weighted by molar-refractivity contribution is 7.09. The molecule has 1 aromatic carbocycles. The maximum atomic E-state index is 13.9. The second-order valence-corrected chi connectivity index (χ2v) is 9.48. The molecule has 3 aliphatic rings. The number of imide groups is 1. The first kappa shape index (κ1) is 20.4. The molecule has 0 bridgehead atoms. The summed E-state index contributed by atoms with van der Waals surface area (Å²) in [5, 5.41) is 22.1. The zero-order valence-corrected chi connectivity index (χ0v) is 17.6. The third-order valence-electron chi connectivity index (χ3n) is 6.68. The van der Waals surface area contributed by atoms with E-state index in [0.29, 0.717) is 23.9 Å². The van der Waals surface area contributed by atoms with E-state index in [2.05, 4.69) is 0 Å². The van der Waals surface area contributed by atoms with Crippen LogP contribution >= 0.6 is 11.3 Å². The van der Waals surface area contributed by atoms with Gasteiger partial charge in [0.05, 0.1) is 24.5 Å². The highest BCUT2D eigenvalue weighted by Gasteiger charge is 2.57. The molecule has 31 heavy (non-hydrogen) atoms. The van der Waals surface area contributed by atoms with Gasteiger partial charge in [0.2, 0.25) is 11.8 Å². The molecule has 1 aliphatic carbocycles. The third kappa shape index (κ3) is 3.31. The zero-order valence-electron chi connectivity index (χ0n) is 16.8. The number of aromatic hydroxyl groups is 1. The lowest BCUT2D eigenvalue weighted by atomic mass is 9.55. The van der Waals surface area contributed by atoms with Crippen LogP contribution in [0.5, 0.6) is 5.75 Å². The van der Waals surface area contributed by atoms with Gasteiger partial charge in [0.25, 0.3) is 0 Å². The normalized spacial score (nSPS) is 28.2. The van der Waals surface area contributed by atoms with Crippen LogP contribution in [0.3, 0.4) is 0 Å². The van der Waals surface area contributed by atoms with Gasteiger partial charge in [0.1, 0.15) is 0 Å². The van der Waals surface area contributed by atoms with Gasteiger partial charge < -0.3 is 14.8 Å². The highest BCUT2D eigenvalue weighted by atomic mass is 32.1. The minimum atomic E-state index is -1.23. The van der Waals surface area contributed by atoms with E-state index in [1.54, 1.807) is 6.07 Å². The summed E-state index contributed by atoms with van der Waals surface area (Å²) in [5.74, 6) is -3.01. The van der Waals surface area contributed by atoms with Gasteiger partial charge in [-0.15, -0.1) is 11.3 Å². The highest BCUT2D eigenvalue weighted by Crippen LogP contribution is 2.51. The Morgan fingerprint density at radius 2 is 2.06 bits per heavy atom. The number of fused-ring (bicyclic) bond motifs is 3. The lowest BCUT2D eigenvalue weighted by Gasteiger charge is -2.41. The van der Waals surface area contributed by atoms with Crippen molar-refractivity contribution < 1.29 is 28.8 Å². The molecule has 1 aromatic heterocycles. The minimum absolute atomic E-state index is 0.171. The summed E-state index contributed by atoms with van der Waals surface area (Å²) in [7, 11) is -1.23. The quantitative estimate of drug-likeness (QED) is 0.565. The van der Waals surface area contributed by atoms with Crippen LogP contribution in [0.25, 0.3) is 0 Å². The van der Waals surface area contributed by atoms with Crippen LogP contribution in [-0.4, -0.2) is 34.0 Å². The summed E-state index contributed by atoms with van der Waals surface area (Å²) in [4.78, 5) is 28.8. The second kappa shape index (κ2) is 7.58. The molecule has 5 rings (SSSR count). The third-order valence-corrected chi connectivity index (χ3v) is 7.55. The molecule has 2 saturated heterocycles. The van der Waals surface area contributed by atoms with Gasteiger partial charge in [-0.1, -0.05) is 17.7 Å². The van der Waals surface area contributed by atoms with Crippen LogP contribution in [-0.2, 0) is 20.8 Å². The summed E-state index contributed by atoms with van der Waals surface area (Å²) in [6.07, 6.45) is 0.113. The fourth-order valence-electron chi connectivity index (χ4n) is 5.27. The maximum Gasteiger partial charge on any atom is 0.487 e. The summed E-state index contributed by atoms with van der Waals surface area (Å²) in [6.45, 7) is 2.13. The molecule has 3 heterocycles. The fourth-order valence-corrected chi connectivity index (χ4v) is 5.97. The predicted octanol–water partition coefficient (Wildman–Crippen LogP) is 3.21. The van der Waals surface area contributed by atoms with E-state index in [1.165, 1.54) is 28.4 Å². The Bertz CT molecular complexity index is 1090. The molecular formula is C22H21BFNO5S. The average Bonchev–Trinajstić information content (AvgIpc) is 3.33. The second-order valence-electron chi connectivity index (χ2n) is 8.44. The van der Waals surface area contributed by atoms with Gasteiger partial charge in [-0.25, -0.2) is 4.39 Å². The number of amides is 2. The molecule has 0 radical (unpaired) electrons. The van der Waals surface area contributed by atoms with Crippen molar-refractivity contribution in [1.29, 1.82) is 0 Å². The Morgan fingerprint density at radius 1 is 1.26 bits per heavy atom. The molecule has 2 amide bonds. The van der Waals surface area contributed by atoms with Crippen LogP contribution in [0.1, 0.15) is 36.3 Å². The van der Waals surface area contributed by atoms with Gasteiger partial charge in [-0.3, -0.25) is 14.5 Å². The standard InChI is InChI=1S/C22H21BFNO5S/c1-11-7-15-19(22(28)25(21(15)27)10-13-3-2-6-31-13)14-9-18(30-23(29)20(11)14)12-4-5-17(26)16(24)8-12/h2-6,8,14-15,18-19,26,29H,7,9-10H2,1H3/t14-,15-,18-,19+/m0/s1. The number of hydrogen-bond acceptors (Lipinski definition) is 6. The molecule has 2 aromatic rings. The number of thiophene rings is 1. The Hall–Kier alpha value is -2.49. The van der Waals surface area contributed by atoms with Gasteiger partial charge >= 0.3 is 7.12 Å². The van der Waals surface area contributed by atoms with E-state index in [9.17, 15) is 24.1 Å². The van der Waals surface area contributed by atoms with Gasteiger partial charge in [-0.05, 0) is 60.3 Å². The van der Waals surface area contributed by atoms with E-state index in [0.717, 1.165) is 10.5 Å². The Balaban J connectivity index is 1.48. The number of nitrogens with zero attached hydrogens (tertiary/aromatic N) is 1. The van der Waals surface area contributed by atoms with Crippen molar-refractivity contribution in [1.82, 2.24) is 4.90 Å². The molecule has 2 fully saturated rings. The van der Waals surface area contributed by atoms with E-state index in [1.807, 2.05) is 24.4 Å².